The summed E-state index contributed by atoms with van der Waals surface area (Å²) in [5.41, 5.74) is 1.56. The van der Waals surface area contributed by atoms with Gasteiger partial charge < -0.3 is 48.1 Å². The second kappa shape index (κ2) is 23.4. The van der Waals surface area contributed by atoms with E-state index in [1.807, 2.05) is 19.9 Å². The third kappa shape index (κ3) is 14.3. The second-order valence-electron chi connectivity index (χ2n) is 16.5. The molecule has 3 fully saturated rings. The van der Waals surface area contributed by atoms with Gasteiger partial charge in [-0.2, -0.15) is 4.31 Å². The first kappa shape index (κ1) is 50.1. The van der Waals surface area contributed by atoms with Crippen LogP contribution in [0.1, 0.15) is 45.2 Å². The number of esters is 1. The zero-order chi connectivity index (χ0) is 46.6. The van der Waals surface area contributed by atoms with Crippen LogP contribution in [0.4, 0.5) is 4.79 Å². The Balaban J connectivity index is 1.17. The molecule has 0 spiro atoms. The van der Waals surface area contributed by atoms with Crippen LogP contribution in [0.15, 0.2) is 77.7 Å². The summed E-state index contributed by atoms with van der Waals surface area (Å²) in [6.45, 7) is 10.8. The highest BCUT2D eigenvalue weighted by atomic mass is 32.2. The van der Waals surface area contributed by atoms with Crippen LogP contribution in [-0.2, 0) is 60.6 Å². The van der Waals surface area contributed by atoms with E-state index in [2.05, 4.69) is 10.2 Å². The number of nitrogens with zero attached hydrogens (tertiary/aromatic N) is 2. The van der Waals surface area contributed by atoms with Gasteiger partial charge in [0.1, 0.15) is 23.4 Å². The Bertz CT molecular complexity index is 2160. The highest BCUT2D eigenvalue weighted by molar-refractivity contribution is 7.89. The number of carbonyl (C=O) groups is 2. The third-order valence-electron chi connectivity index (χ3n) is 11.0. The number of aliphatic hydroxyl groups is 1. The van der Waals surface area contributed by atoms with E-state index in [1.54, 1.807) is 61.5 Å². The molecule has 3 aromatic carbocycles. The van der Waals surface area contributed by atoms with Crippen molar-refractivity contribution in [1.29, 1.82) is 0 Å². The maximum absolute atomic E-state index is 14.3. The van der Waals surface area contributed by atoms with Gasteiger partial charge in [-0.25, -0.2) is 22.6 Å². The zero-order valence-corrected chi connectivity index (χ0v) is 39.3. The normalized spacial score (nSPS) is 21.2. The minimum Gasteiger partial charge on any atom is -0.497 e. The molecule has 3 heterocycles. The number of fused-ring (bicyclic) bond motifs is 1. The number of sulfonamides is 1. The molecule has 6 rings (SSSR count). The van der Waals surface area contributed by atoms with E-state index >= 15 is 0 Å². The molecule has 1 unspecified atom stereocenters. The quantitative estimate of drug-likeness (QED) is 0.0924. The number of ether oxygens (including phenoxy) is 7. The van der Waals surface area contributed by atoms with Gasteiger partial charge in [0.05, 0.1) is 63.1 Å². The summed E-state index contributed by atoms with van der Waals surface area (Å²) >= 11 is 0. The molecule has 18 nitrogen and oxygen atoms in total. The molecular weight excluding hydrogens is 886 g/mol. The number of hydrogen-bond donors (Lipinski definition) is 2. The van der Waals surface area contributed by atoms with E-state index in [1.165, 1.54) is 30.5 Å². The molecule has 65 heavy (non-hydrogen) atoms. The molecule has 0 aromatic heterocycles. The maximum Gasteiger partial charge on any atom is 0.417 e. The molecule has 3 aliphatic rings. The number of morpholine rings is 1. The second-order valence-corrected chi connectivity index (χ2v) is 20.3. The Labute approximate surface area is 381 Å². The van der Waals surface area contributed by atoms with Gasteiger partial charge in [0, 0.05) is 32.7 Å². The van der Waals surface area contributed by atoms with Crippen molar-refractivity contribution >= 4 is 29.7 Å². The average molecular weight is 948 g/mol. The van der Waals surface area contributed by atoms with Gasteiger partial charge in [0.15, 0.2) is 12.4 Å². The Morgan fingerprint density at radius 3 is 2.35 bits per heavy atom. The van der Waals surface area contributed by atoms with Crippen LogP contribution in [0.25, 0.3) is 0 Å². The smallest absolute Gasteiger partial charge is 0.417 e. The van der Waals surface area contributed by atoms with Gasteiger partial charge in [-0.3, -0.25) is 9.42 Å². The van der Waals surface area contributed by atoms with Crippen LogP contribution < -0.4 is 19.3 Å². The first-order valence-corrected chi connectivity index (χ1v) is 25.1. The number of hydrogen-bond acceptors (Lipinski definition) is 16. The van der Waals surface area contributed by atoms with Crippen LogP contribution >= 0.6 is 7.60 Å². The van der Waals surface area contributed by atoms with Gasteiger partial charge >= 0.3 is 19.7 Å². The van der Waals surface area contributed by atoms with E-state index in [4.69, 9.17) is 42.2 Å². The average Bonchev–Trinajstić information content (AvgIpc) is 3.91. The van der Waals surface area contributed by atoms with Crippen molar-refractivity contribution in [1.82, 2.24) is 14.5 Å². The molecule has 0 aliphatic carbocycles. The number of benzene rings is 3. The van der Waals surface area contributed by atoms with Crippen LogP contribution in [0.3, 0.4) is 0 Å². The predicted molar refractivity (Wildman–Crippen MR) is 237 cm³/mol. The van der Waals surface area contributed by atoms with E-state index in [-0.39, 0.29) is 61.0 Å². The van der Waals surface area contributed by atoms with Crippen molar-refractivity contribution in [3.8, 4) is 17.2 Å². The fourth-order valence-electron chi connectivity index (χ4n) is 7.69. The van der Waals surface area contributed by atoms with Gasteiger partial charge in [-0.1, -0.05) is 38.1 Å². The molecule has 3 saturated heterocycles. The number of alkyl carbamates (subject to hydrolysis) is 1. The summed E-state index contributed by atoms with van der Waals surface area (Å²) < 4.78 is 94.0. The fourth-order valence-corrected chi connectivity index (χ4v) is 10.8. The lowest BCUT2D eigenvalue weighted by atomic mass is 10.0. The number of methoxy groups -OCH3 is 1. The number of carbonyl (C=O) groups excluding carboxylic acids is 2. The van der Waals surface area contributed by atoms with Crippen molar-refractivity contribution in [2.75, 3.05) is 72.7 Å². The lowest BCUT2D eigenvalue weighted by Crippen LogP contribution is -2.51. The van der Waals surface area contributed by atoms with E-state index in [9.17, 15) is 27.7 Å². The van der Waals surface area contributed by atoms with Crippen LogP contribution in [0, 0.1) is 11.8 Å². The van der Waals surface area contributed by atoms with Crippen LogP contribution in [0.5, 0.6) is 17.2 Å². The maximum atomic E-state index is 14.3. The SMILES string of the molecule is CCOC(=O)[C@H](C)OP(=O)(COc1ccc(C[C@H](NC(=O)O[C@H]2CO[C@H]3OCC[C@H]32)[C@H](O)CN(CC(C)C)S(=O)(=O)c2ccc(OC)cc2)cc1)Oc1cccc(CN2CCOCC2)c1. The molecule has 3 aromatic rings. The monoisotopic (exact) mass is 947 g/mol. The predicted octanol–water partition coefficient (Wildman–Crippen LogP) is 5.21. The van der Waals surface area contributed by atoms with E-state index in [0.717, 1.165) is 18.7 Å². The Hall–Kier alpha value is -4.30. The minimum atomic E-state index is -4.18. The van der Waals surface area contributed by atoms with Crippen molar-refractivity contribution < 1.29 is 69.9 Å². The Morgan fingerprint density at radius 1 is 0.938 bits per heavy atom. The molecule has 2 N–H and O–H groups in total. The fraction of sp³-hybridized carbons (Fsp3) is 0.556. The lowest BCUT2D eigenvalue weighted by Gasteiger charge is -2.31. The minimum absolute atomic E-state index is 0.0215. The highest BCUT2D eigenvalue weighted by Crippen LogP contribution is 2.50. The Kier molecular flexibility index (Phi) is 18.1. The molecule has 1 amide bonds. The van der Waals surface area contributed by atoms with Gasteiger partial charge in [-0.15, -0.1) is 0 Å². The zero-order valence-electron chi connectivity index (χ0n) is 37.6. The number of rotatable bonds is 23. The molecule has 0 radical (unpaired) electrons. The summed E-state index contributed by atoms with van der Waals surface area (Å²) in [7, 11) is -6.79. The summed E-state index contributed by atoms with van der Waals surface area (Å²) in [6.07, 6.45) is -4.30. The summed E-state index contributed by atoms with van der Waals surface area (Å²) in [5, 5.41) is 14.6. The number of nitrogens with one attached hydrogen (secondary N) is 1. The molecule has 0 saturated carbocycles. The lowest BCUT2D eigenvalue weighted by molar-refractivity contribution is -0.150. The number of amides is 1. The highest BCUT2D eigenvalue weighted by Gasteiger charge is 2.44. The summed E-state index contributed by atoms with van der Waals surface area (Å²) in [4.78, 5) is 28.3. The van der Waals surface area contributed by atoms with Crippen LogP contribution in [0.2, 0.25) is 0 Å². The van der Waals surface area contributed by atoms with Crippen molar-refractivity contribution in [2.45, 2.75) is 82.6 Å². The van der Waals surface area contributed by atoms with Gasteiger partial charge in [0.25, 0.3) is 0 Å². The molecule has 358 valence electrons. The molecular formula is C45H62N3O15PS. The largest absolute Gasteiger partial charge is 0.497 e. The molecule has 20 heteroatoms. The van der Waals surface area contributed by atoms with E-state index in [0.29, 0.717) is 44.1 Å². The van der Waals surface area contributed by atoms with Gasteiger partial charge in [0.2, 0.25) is 16.4 Å². The standard InChI is InChI=1S/C45H62N3O15PS/c1-6-57-43(50)32(4)62-64(52,63-37-9-7-8-34(24-37)27-47-19-22-56-23-20-47)30-60-36-12-10-33(11-13-36)25-40(46-45(51)61-42-29-59-44-39(42)18-21-58-44)41(49)28-48(26-31(2)3)65(53,54)38-16-14-35(55-5)15-17-38/h7-17,24,31-32,39-42,44,49H,6,18-23,25-30H2,1-5H3,(H,46,51)/t32-,39-,40-,41+,42-,44+,64?/m0/s1. The van der Waals surface area contributed by atoms with Crippen molar-refractivity contribution in [3.05, 3.63) is 83.9 Å². The summed E-state index contributed by atoms with van der Waals surface area (Å²) in [6, 6.07) is 18.7. The third-order valence-corrected chi connectivity index (χ3v) is 14.4. The van der Waals surface area contributed by atoms with Crippen LogP contribution in [-0.4, -0.2) is 138 Å². The Morgan fingerprint density at radius 2 is 1.66 bits per heavy atom. The van der Waals surface area contributed by atoms with Gasteiger partial charge in [-0.05, 0) is 92.3 Å². The number of aliphatic hydroxyl groups excluding tert-OH is 1. The van der Waals surface area contributed by atoms with Crippen molar-refractivity contribution in [2.24, 2.45) is 11.8 Å². The first-order valence-electron chi connectivity index (χ1n) is 21.9. The first-order chi connectivity index (χ1) is 31.1. The molecule has 3 aliphatic heterocycles. The summed E-state index contributed by atoms with van der Waals surface area (Å²) in [5.74, 6) is 0.0898. The molecule has 0 bridgehead atoms. The van der Waals surface area contributed by atoms with Crippen molar-refractivity contribution in [3.63, 3.8) is 0 Å². The topological polar surface area (TPSA) is 207 Å². The van der Waals surface area contributed by atoms with E-state index < -0.39 is 66.7 Å². The molecule has 7 atom stereocenters.